The number of hydrazone groups is 1. The number of nitrogens with one attached hydrogen (secondary N) is 1. The summed E-state index contributed by atoms with van der Waals surface area (Å²) in [4.78, 5) is 24.2. The minimum absolute atomic E-state index is 0.181. The lowest BCUT2D eigenvalue weighted by molar-refractivity contribution is -0.129. The topological polar surface area (TPSA) is 90.1 Å². The quantitative estimate of drug-likeness (QED) is 0.159. The van der Waals surface area contributed by atoms with Crippen LogP contribution in [0.4, 0.5) is 0 Å². The number of hydrogen-bond acceptors (Lipinski definition) is 6. The highest BCUT2D eigenvalue weighted by Gasteiger charge is 2.08. The summed E-state index contributed by atoms with van der Waals surface area (Å²) < 4.78 is 16.8. The smallest absolute Gasteiger partial charge is 0.336 e. The van der Waals surface area contributed by atoms with Gasteiger partial charge in [0.1, 0.15) is 17.3 Å². The van der Waals surface area contributed by atoms with Gasteiger partial charge in [-0.25, -0.2) is 10.2 Å². The van der Waals surface area contributed by atoms with Crippen LogP contribution in [-0.2, 0) is 9.59 Å². The molecule has 32 heavy (non-hydrogen) atoms. The normalized spacial score (nSPS) is 11.1. The second-order valence-corrected chi connectivity index (χ2v) is 7.72. The molecule has 3 aromatic rings. The first-order valence-corrected chi connectivity index (χ1v) is 10.4. The third-order valence-corrected chi connectivity index (χ3v) is 4.68. The van der Waals surface area contributed by atoms with Gasteiger partial charge < -0.3 is 13.9 Å². The van der Waals surface area contributed by atoms with Gasteiger partial charge in [0.05, 0.1) is 12.5 Å². The average Bonchev–Trinajstić information content (AvgIpc) is 3.27. The highest BCUT2D eigenvalue weighted by Crippen LogP contribution is 2.22. The predicted octanol–water partition coefficient (Wildman–Crippen LogP) is 4.81. The second kappa shape index (κ2) is 11.1. The molecule has 1 amide bonds. The number of amides is 1. The summed E-state index contributed by atoms with van der Waals surface area (Å²) in [5, 5.41) is 3.94. The number of carbonyl (C=O) groups excluding carboxylic acids is 2. The van der Waals surface area contributed by atoms with Crippen LogP contribution in [0.3, 0.4) is 0 Å². The number of aryl methyl sites for hydroxylation is 2. The lowest BCUT2D eigenvalue weighted by Crippen LogP contribution is -2.24. The molecule has 0 aliphatic carbocycles. The number of halogens is 1. The number of rotatable bonds is 8. The van der Waals surface area contributed by atoms with Crippen molar-refractivity contribution in [2.45, 2.75) is 13.8 Å². The van der Waals surface area contributed by atoms with E-state index in [2.05, 4.69) is 26.5 Å². The lowest BCUT2D eigenvalue weighted by atomic mass is 10.1. The largest absolute Gasteiger partial charge is 0.483 e. The van der Waals surface area contributed by atoms with E-state index in [9.17, 15) is 9.59 Å². The summed E-state index contributed by atoms with van der Waals surface area (Å²) >= 11 is 3.37. The van der Waals surface area contributed by atoms with Crippen molar-refractivity contribution in [3.8, 4) is 11.5 Å². The Hall–Kier alpha value is -3.65. The van der Waals surface area contributed by atoms with Crippen molar-refractivity contribution in [3.05, 3.63) is 87.8 Å². The fraction of sp³-hybridized carbons (Fsp3) is 0.125. The summed E-state index contributed by atoms with van der Waals surface area (Å²) in [6.07, 6.45) is 5.66. The molecule has 0 unspecified atom stereocenters. The Balaban J connectivity index is 1.57. The number of benzene rings is 2. The Morgan fingerprint density at radius 1 is 1.12 bits per heavy atom. The molecule has 8 heteroatoms. The average molecular weight is 497 g/mol. The van der Waals surface area contributed by atoms with Crippen LogP contribution in [0.25, 0.3) is 6.08 Å². The van der Waals surface area contributed by atoms with Crippen molar-refractivity contribution in [3.63, 3.8) is 0 Å². The van der Waals surface area contributed by atoms with E-state index in [1.807, 2.05) is 32.0 Å². The highest BCUT2D eigenvalue weighted by atomic mass is 79.9. The molecule has 7 nitrogen and oxygen atoms in total. The summed E-state index contributed by atoms with van der Waals surface area (Å²) in [6, 6.07) is 14.2. The van der Waals surface area contributed by atoms with E-state index in [0.29, 0.717) is 17.1 Å². The van der Waals surface area contributed by atoms with E-state index >= 15 is 0 Å². The maximum Gasteiger partial charge on any atom is 0.336 e. The summed E-state index contributed by atoms with van der Waals surface area (Å²) in [7, 11) is 0. The van der Waals surface area contributed by atoms with Gasteiger partial charge in [0.25, 0.3) is 5.91 Å². The maximum absolute atomic E-state index is 12.1. The summed E-state index contributed by atoms with van der Waals surface area (Å²) in [5.41, 5.74) is 4.96. The number of nitrogens with zero attached hydrogens (tertiary/aromatic N) is 1. The van der Waals surface area contributed by atoms with Crippen LogP contribution in [0.1, 0.15) is 22.5 Å². The third kappa shape index (κ3) is 6.95. The lowest BCUT2D eigenvalue weighted by Gasteiger charge is -2.09. The van der Waals surface area contributed by atoms with Crippen LogP contribution in [0.2, 0.25) is 0 Å². The van der Waals surface area contributed by atoms with Gasteiger partial charge in [-0.05, 0) is 61.9 Å². The van der Waals surface area contributed by atoms with Gasteiger partial charge in [-0.15, -0.1) is 0 Å². The first kappa shape index (κ1) is 23.0. The zero-order chi connectivity index (χ0) is 22.9. The van der Waals surface area contributed by atoms with Crippen LogP contribution < -0.4 is 14.9 Å². The Morgan fingerprint density at radius 3 is 2.69 bits per heavy atom. The van der Waals surface area contributed by atoms with Crippen LogP contribution in [-0.4, -0.2) is 24.7 Å². The van der Waals surface area contributed by atoms with E-state index in [4.69, 9.17) is 13.9 Å². The second-order valence-electron chi connectivity index (χ2n) is 6.80. The molecule has 1 aromatic heterocycles. The van der Waals surface area contributed by atoms with Crippen LogP contribution in [0.5, 0.6) is 11.5 Å². The van der Waals surface area contributed by atoms with Crippen molar-refractivity contribution in [1.29, 1.82) is 0 Å². The van der Waals surface area contributed by atoms with Gasteiger partial charge in [-0.1, -0.05) is 33.6 Å². The molecule has 164 valence electrons. The molecule has 3 rings (SSSR count). The molecule has 1 N–H and O–H groups in total. The van der Waals surface area contributed by atoms with Gasteiger partial charge in [-0.3, -0.25) is 4.79 Å². The van der Waals surface area contributed by atoms with Crippen molar-refractivity contribution < 1.29 is 23.5 Å². The molecule has 0 aliphatic rings. The van der Waals surface area contributed by atoms with E-state index in [1.165, 1.54) is 24.6 Å². The molecule has 0 aliphatic heterocycles. The molecule has 0 bridgehead atoms. The predicted molar refractivity (Wildman–Crippen MR) is 125 cm³/mol. The molecular weight excluding hydrogens is 476 g/mol. The molecular formula is C24H21BrN2O5. The van der Waals surface area contributed by atoms with Crippen LogP contribution >= 0.6 is 15.9 Å². The zero-order valence-electron chi connectivity index (χ0n) is 17.5. The summed E-state index contributed by atoms with van der Waals surface area (Å²) in [5.74, 6) is 0.455. The maximum atomic E-state index is 12.1. The van der Waals surface area contributed by atoms with Gasteiger partial charge in [0.15, 0.2) is 6.61 Å². The van der Waals surface area contributed by atoms with Gasteiger partial charge >= 0.3 is 5.97 Å². The highest BCUT2D eigenvalue weighted by molar-refractivity contribution is 9.10. The van der Waals surface area contributed by atoms with Crippen LogP contribution in [0.15, 0.2) is 74.9 Å². The van der Waals surface area contributed by atoms with Crippen molar-refractivity contribution in [1.82, 2.24) is 5.43 Å². The molecule has 0 spiro atoms. The summed E-state index contributed by atoms with van der Waals surface area (Å²) in [6.45, 7) is 3.72. The Morgan fingerprint density at radius 2 is 1.94 bits per heavy atom. The minimum atomic E-state index is -0.579. The minimum Gasteiger partial charge on any atom is -0.483 e. The Bertz CT molecular complexity index is 1150. The van der Waals surface area contributed by atoms with Gasteiger partial charge in [-0.2, -0.15) is 5.10 Å². The van der Waals surface area contributed by atoms with Crippen LogP contribution in [0, 0.1) is 13.8 Å². The van der Waals surface area contributed by atoms with E-state index in [1.54, 1.807) is 30.3 Å². The standard InChI is InChI=1S/C24H21BrN2O5/c1-16-5-8-21(17(2)12-16)31-15-23(28)27-26-14-18-13-19(25)6-9-22(18)32-24(29)10-7-20-4-3-11-30-20/h3-14H,15H2,1-2H3,(H,27,28)/b10-7-,26-14-. The van der Waals surface area contributed by atoms with E-state index in [-0.39, 0.29) is 12.4 Å². The Labute approximate surface area is 193 Å². The zero-order valence-corrected chi connectivity index (χ0v) is 19.1. The molecule has 1 heterocycles. The molecule has 2 aromatic carbocycles. The molecule has 0 fully saturated rings. The monoisotopic (exact) mass is 496 g/mol. The van der Waals surface area contributed by atoms with E-state index < -0.39 is 11.9 Å². The van der Waals surface area contributed by atoms with Crippen molar-refractivity contribution in [2.75, 3.05) is 6.61 Å². The first-order chi connectivity index (χ1) is 15.4. The van der Waals surface area contributed by atoms with Crippen molar-refractivity contribution >= 4 is 40.1 Å². The number of hydrogen-bond donors (Lipinski definition) is 1. The SMILES string of the molecule is Cc1ccc(OCC(=O)N/N=C\c2cc(Br)ccc2OC(=O)/C=C\c2ccco2)c(C)c1. The van der Waals surface area contributed by atoms with Gasteiger partial charge in [0, 0.05) is 16.1 Å². The molecule has 0 radical (unpaired) electrons. The van der Waals surface area contributed by atoms with Crippen molar-refractivity contribution in [2.24, 2.45) is 5.10 Å². The number of furan rings is 1. The third-order valence-electron chi connectivity index (χ3n) is 4.19. The number of esters is 1. The molecule has 0 saturated carbocycles. The Kier molecular flexibility index (Phi) is 7.99. The van der Waals surface area contributed by atoms with E-state index in [0.717, 1.165) is 15.6 Å². The molecule has 0 saturated heterocycles. The van der Waals surface area contributed by atoms with Gasteiger partial charge in [0.2, 0.25) is 0 Å². The fourth-order valence-corrected chi connectivity index (χ4v) is 3.08. The number of carbonyl (C=O) groups is 2. The first-order valence-electron chi connectivity index (χ1n) is 9.65. The molecule has 0 atom stereocenters. The fourth-order valence-electron chi connectivity index (χ4n) is 2.70. The number of ether oxygens (including phenoxy) is 2.